The molecule has 2 aromatic carbocycles. The number of benzene rings is 2. The quantitative estimate of drug-likeness (QED) is 0.596. The van der Waals surface area contributed by atoms with Gasteiger partial charge in [-0.1, -0.05) is 17.7 Å². The average molecular weight is 437 g/mol. The molecule has 1 amide bonds. The number of hydrogen-bond acceptors (Lipinski definition) is 3. The Morgan fingerprint density at radius 3 is 2.42 bits per heavy atom. The van der Waals surface area contributed by atoms with Crippen LogP contribution in [0.15, 0.2) is 51.4 Å². The lowest BCUT2D eigenvalue weighted by atomic mass is 10.0. The molecule has 0 aliphatic rings. The minimum atomic E-state index is -1.40. The summed E-state index contributed by atoms with van der Waals surface area (Å²) in [6.45, 7) is 2.84. The first-order chi connectivity index (χ1) is 12.2. The van der Waals surface area contributed by atoms with E-state index in [1.807, 2.05) is 18.2 Å². The van der Waals surface area contributed by atoms with Crippen LogP contribution in [0.4, 0.5) is 0 Å². The van der Waals surface area contributed by atoms with Gasteiger partial charge in [0.2, 0.25) is 0 Å². The van der Waals surface area contributed by atoms with Crippen molar-refractivity contribution < 1.29 is 19.1 Å². The third-order valence-electron chi connectivity index (χ3n) is 3.97. The van der Waals surface area contributed by atoms with Crippen LogP contribution in [0.5, 0.6) is 0 Å². The Hall–Kier alpha value is -2.31. The fourth-order valence-corrected chi connectivity index (χ4v) is 3.21. The van der Waals surface area contributed by atoms with Crippen LogP contribution in [0.25, 0.3) is 22.3 Å². The zero-order valence-electron chi connectivity index (χ0n) is 14.0. The molecule has 7 heteroatoms. The number of rotatable bonds is 4. The molecule has 26 heavy (non-hydrogen) atoms. The van der Waals surface area contributed by atoms with E-state index in [1.165, 1.54) is 13.8 Å². The number of aliphatic carboxylic acids is 1. The maximum absolute atomic E-state index is 12.6. The predicted molar refractivity (Wildman–Crippen MR) is 104 cm³/mol. The van der Waals surface area contributed by atoms with Crippen molar-refractivity contribution >= 4 is 50.4 Å². The molecule has 0 spiro atoms. The van der Waals surface area contributed by atoms with Gasteiger partial charge in [0.1, 0.15) is 16.9 Å². The molecule has 0 saturated carbocycles. The summed E-state index contributed by atoms with van der Waals surface area (Å²) >= 11 is 9.45. The Bertz CT molecular complexity index is 1010. The molecule has 134 valence electrons. The van der Waals surface area contributed by atoms with Gasteiger partial charge in [0.25, 0.3) is 5.91 Å². The molecular weight excluding hydrogens is 422 g/mol. The van der Waals surface area contributed by atoms with Gasteiger partial charge >= 0.3 is 5.97 Å². The highest BCUT2D eigenvalue weighted by Crippen LogP contribution is 2.39. The summed E-state index contributed by atoms with van der Waals surface area (Å²) in [5, 5.41) is 13.0. The van der Waals surface area contributed by atoms with E-state index in [1.54, 1.807) is 24.3 Å². The van der Waals surface area contributed by atoms with Crippen LogP contribution < -0.4 is 5.32 Å². The van der Waals surface area contributed by atoms with Crippen molar-refractivity contribution in [2.24, 2.45) is 0 Å². The van der Waals surface area contributed by atoms with Gasteiger partial charge in [-0.2, -0.15) is 0 Å². The highest BCUT2D eigenvalue weighted by molar-refractivity contribution is 9.10. The summed E-state index contributed by atoms with van der Waals surface area (Å²) in [6.07, 6.45) is 0. The summed E-state index contributed by atoms with van der Waals surface area (Å²) in [4.78, 5) is 23.9. The smallest absolute Gasteiger partial charge is 0.328 e. The summed E-state index contributed by atoms with van der Waals surface area (Å²) in [5.41, 5.74) is 0.0395. The largest absolute Gasteiger partial charge is 0.480 e. The molecule has 0 atom stereocenters. The Morgan fingerprint density at radius 2 is 1.81 bits per heavy atom. The van der Waals surface area contributed by atoms with E-state index < -0.39 is 17.4 Å². The zero-order chi connectivity index (χ0) is 19.1. The van der Waals surface area contributed by atoms with Crippen molar-refractivity contribution in [3.63, 3.8) is 0 Å². The third kappa shape index (κ3) is 3.34. The van der Waals surface area contributed by atoms with Crippen molar-refractivity contribution in [2.75, 3.05) is 0 Å². The maximum Gasteiger partial charge on any atom is 0.328 e. The predicted octanol–water partition coefficient (Wildman–Crippen LogP) is 5.11. The lowest BCUT2D eigenvalue weighted by molar-refractivity contribution is -0.143. The average Bonchev–Trinajstić information content (AvgIpc) is 2.92. The first-order valence-corrected chi connectivity index (χ1v) is 8.90. The van der Waals surface area contributed by atoms with Crippen molar-refractivity contribution in [3.05, 3.63) is 57.5 Å². The van der Waals surface area contributed by atoms with Gasteiger partial charge in [0.15, 0.2) is 0 Å². The highest BCUT2D eigenvalue weighted by Gasteiger charge is 2.30. The Kier molecular flexibility index (Phi) is 4.82. The van der Waals surface area contributed by atoms with Crippen molar-refractivity contribution in [2.45, 2.75) is 19.4 Å². The number of carbonyl (C=O) groups excluding carboxylic acids is 1. The Balaban J connectivity index is 2.08. The summed E-state index contributed by atoms with van der Waals surface area (Å²) < 4.78 is 6.66. The Morgan fingerprint density at radius 1 is 1.15 bits per heavy atom. The zero-order valence-corrected chi connectivity index (χ0v) is 16.3. The van der Waals surface area contributed by atoms with Gasteiger partial charge in [-0.25, -0.2) is 4.79 Å². The van der Waals surface area contributed by atoms with E-state index in [-0.39, 0.29) is 5.56 Å². The molecule has 3 rings (SSSR count). The maximum atomic E-state index is 12.6. The standard InChI is InChI=1S/C19H15BrClNO4/c1-19(2,18(24)25)22-17(23)13-5-3-4-12-14(20)15(26-16(12)13)10-6-8-11(21)9-7-10/h3-9H,1-2H3,(H,22,23)(H,24,25). The number of carboxylic acids is 1. The number of hydrogen-bond donors (Lipinski definition) is 2. The summed E-state index contributed by atoms with van der Waals surface area (Å²) in [7, 11) is 0. The normalized spacial score (nSPS) is 11.5. The van der Waals surface area contributed by atoms with Gasteiger partial charge in [0.05, 0.1) is 10.0 Å². The first kappa shape index (κ1) is 18.5. The van der Waals surface area contributed by atoms with Crippen LogP contribution in [-0.4, -0.2) is 22.5 Å². The SMILES string of the molecule is CC(C)(NC(=O)c1cccc2c(Br)c(-c3ccc(Cl)cc3)oc12)C(=O)O. The topological polar surface area (TPSA) is 79.5 Å². The van der Waals surface area contributed by atoms with Crippen LogP contribution in [0.3, 0.4) is 0 Å². The molecule has 1 heterocycles. The molecule has 5 nitrogen and oxygen atoms in total. The van der Waals surface area contributed by atoms with Crippen molar-refractivity contribution in [1.82, 2.24) is 5.32 Å². The Labute approximate surface area is 163 Å². The van der Waals surface area contributed by atoms with E-state index in [0.29, 0.717) is 20.8 Å². The van der Waals surface area contributed by atoms with Crippen LogP contribution in [0.1, 0.15) is 24.2 Å². The third-order valence-corrected chi connectivity index (χ3v) is 5.01. The van der Waals surface area contributed by atoms with E-state index in [4.69, 9.17) is 16.0 Å². The molecule has 0 bridgehead atoms. The van der Waals surface area contributed by atoms with Crippen molar-refractivity contribution in [1.29, 1.82) is 0 Å². The lowest BCUT2D eigenvalue weighted by Crippen LogP contribution is -2.49. The number of para-hydroxylation sites is 1. The number of fused-ring (bicyclic) bond motifs is 1. The van der Waals surface area contributed by atoms with Gasteiger partial charge in [-0.05, 0) is 66.2 Å². The number of halogens is 2. The highest BCUT2D eigenvalue weighted by atomic mass is 79.9. The number of carbonyl (C=O) groups is 2. The molecule has 0 unspecified atom stereocenters. The first-order valence-electron chi connectivity index (χ1n) is 7.73. The van der Waals surface area contributed by atoms with E-state index in [9.17, 15) is 14.7 Å². The van der Waals surface area contributed by atoms with Gasteiger partial charge in [0, 0.05) is 16.0 Å². The number of furan rings is 1. The van der Waals surface area contributed by atoms with E-state index in [2.05, 4.69) is 21.2 Å². The molecule has 0 saturated heterocycles. The van der Waals surface area contributed by atoms with E-state index in [0.717, 1.165) is 10.9 Å². The van der Waals surface area contributed by atoms with E-state index >= 15 is 0 Å². The monoisotopic (exact) mass is 435 g/mol. The fourth-order valence-electron chi connectivity index (χ4n) is 2.46. The molecule has 2 N–H and O–H groups in total. The lowest BCUT2D eigenvalue weighted by Gasteiger charge is -2.20. The second kappa shape index (κ2) is 6.78. The summed E-state index contributed by atoms with van der Waals surface area (Å²) in [6, 6.07) is 12.3. The second-order valence-electron chi connectivity index (χ2n) is 6.32. The number of nitrogens with one attached hydrogen (secondary N) is 1. The van der Waals surface area contributed by atoms with Gasteiger partial charge in [-0.15, -0.1) is 0 Å². The molecule has 0 aliphatic carbocycles. The van der Waals surface area contributed by atoms with Crippen LogP contribution in [-0.2, 0) is 4.79 Å². The minimum Gasteiger partial charge on any atom is -0.480 e. The molecular formula is C19H15BrClNO4. The number of carboxylic acid groups (broad SMARTS) is 1. The molecule has 1 aromatic heterocycles. The molecule has 0 aliphatic heterocycles. The minimum absolute atomic E-state index is 0.262. The molecule has 0 radical (unpaired) electrons. The van der Waals surface area contributed by atoms with Crippen LogP contribution >= 0.6 is 27.5 Å². The fraction of sp³-hybridized carbons (Fsp3) is 0.158. The van der Waals surface area contributed by atoms with Crippen LogP contribution in [0, 0.1) is 0 Å². The van der Waals surface area contributed by atoms with Gasteiger partial charge < -0.3 is 14.8 Å². The number of amides is 1. The molecule has 3 aromatic rings. The van der Waals surface area contributed by atoms with Gasteiger partial charge in [-0.3, -0.25) is 4.79 Å². The molecule has 0 fully saturated rings. The summed E-state index contributed by atoms with van der Waals surface area (Å²) in [5.74, 6) is -1.08. The van der Waals surface area contributed by atoms with Crippen LogP contribution in [0.2, 0.25) is 5.02 Å². The van der Waals surface area contributed by atoms with Crippen molar-refractivity contribution in [3.8, 4) is 11.3 Å². The second-order valence-corrected chi connectivity index (χ2v) is 7.55.